The second-order valence-corrected chi connectivity index (χ2v) is 6.53. The molecular weight excluding hydrogens is 340 g/mol. The van der Waals surface area contributed by atoms with E-state index in [0.717, 1.165) is 5.56 Å². The van der Waals surface area contributed by atoms with E-state index in [1.807, 2.05) is 0 Å². The normalized spacial score (nSPS) is 15.7. The van der Waals surface area contributed by atoms with Gasteiger partial charge in [0.15, 0.2) is 12.4 Å². The lowest BCUT2D eigenvalue weighted by molar-refractivity contribution is -0.132. The zero-order valence-electron chi connectivity index (χ0n) is 14.6. The first-order valence-corrected chi connectivity index (χ1v) is 8.33. The molecule has 0 fully saturated rings. The van der Waals surface area contributed by atoms with Gasteiger partial charge in [0.05, 0.1) is 5.56 Å². The highest BCUT2D eigenvalue weighted by molar-refractivity contribution is 6.03. The Labute approximate surface area is 150 Å². The van der Waals surface area contributed by atoms with Crippen molar-refractivity contribution in [1.29, 1.82) is 0 Å². The van der Waals surface area contributed by atoms with Crippen molar-refractivity contribution in [2.75, 3.05) is 13.7 Å². The molecule has 0 N–H and O–H groups in total. The number of ether oxygens (including phenoxy) is 1. The van der Waals surface area contributed by atoms with E-state index in [1.54, 1.807) is 26.1 Å². The van der Waals surface area contributed by atoms with Crippen molar-refractivity contribution in [3.05, 3.63) is 64.7 Å². The summed E-state index contributed by atoms with van der Waals surface area (Å²) in [4.78, 5) is 25.8. The highest BCUT2D eigenvalue weighted by Gasteiger charge is 2.32. The number of amides is 1. The fraction of sp³-hybridized carbons (Fsp3) is 0.300. The first-order chi connectivity index (χ1) is 12.4. The summed E-state index contributed by atoms with van der Waals surface area (Å²) in [6, 6.07) is 8.52. The smallest absolute Gasteiger partial charge is 0.260 e. The quantitative estimate of drug-likeness (QED) is 0.818. The largest absolute Gasteiger partial charge is 0.483 e. The number of Topliss-reactive ketones (excluding diaryl/α,β-unsaturated/α-hetero) is 1. The molecule has 136 valence electrons. The average Bonchev–Trinajstić information content (AvgIpc) is 2.91. The minimum Gasteiger partial charge on any atom is -0.483 e. The van der Waals surface area contributed by atoms with Crippen LogP contribution in [0.3, 0.4) is 0 Å². The summed E-state index contributed by atoms with van der Waals surface area (Å²) in [6.45, 7) is 1.83. The van der Waals surface area contributed by atoms with Crippen molar-refractivity contribution in [2.45, 2.75) is 25.8 Å². The molecule has 0 aliphatic heterocycles. The molecule has 1 atom stereocenters. The summed E-state index contributed by atoms with van der Waals surface area (Å²) >= 11 is 0. The van der Waals surface area contributed by atoms with Gasteiger partial charge < -0.3 is 9.64 Å². The minimum atomic E-state index is -0.426. The number of likely N-dealkylation sites (N-methyl/N-ethyl adjacent to an activating group) is 1. The van der Waals surface area contributed by atoms with Gasteiger partial charge in [0.1, 0.15) is 17.4 Å². The van der Waals surface area contributed by atoms with Crippen LogP contribution in [0, 0.1) is 11.6 Å². The van der Waals surface area contributed by atoms with Gasteiger partial charge in [-0.15, -0.1) is 0 Å². The Morgan fingerprint density at radius 2 is 1.88 bits per heavy atom. The van der Waals surface area contributed by atoms with Gasteiger partial charge in [-0.05, 0) is 35.7 Å². The van der Waals surface area contributed by atoms with Gasteiger partial charge in [-0.3, -0.25) is 9.59 Å². The van der Waals surface area contributed by atoms with Crippen molar-refractivity contribution in [3.63, 3.8) is 0 Å². The van der Waals surface area contributed by atoms with Crippen molar-refractivity contribution >= 4 is 11.7 Å². The third-order valence-corrected chi connectivity index (χ3v) is 4.53. The van der Waals surface area contributed by atoms with E-state index in [4.69, 9.17) is 4.74 Å². The number of hydrogen-bond acceptors (Lipinski definition) is 3. The number of benzene rings is 2. The Hall–Kier alpha value is -2.76. The van der Waals surface area contributed by atoms with Gasteiger partial charge >= 0.3 is 0 Å². The Kier molecular flexibility index (Phi) is 5.02. The number of halogens is 2. The molecule has 0 bridgehead atoms. The predicted molar refractivity (Wildman–Crippen MR) is 92.1 cm³/mol. The van der Waals surface area contributed by atoms with Crippen LogP contribution in [-0.4, -0.2) is 30.2 Å². The molecule has 6 heteroatoms. The van der Waals surface area contributed by atoms with Crippen LogP contribution in [-0.2, 0) is 11.3 Å². The fourth-order valence-electron chi connectivity index (χ4n) is 3.15. The molecule has 0 saturated heterocycles. The Morgan fingerprint density at radius 3 is 2.58 bits per heavy atom. The number of nitrogens with zero attached hydrogens (tertiary/aromatic N) is 1. The van der Waals surface area contributed by atoms with Crippen LogP contribution < -0.4 is 4.74 Å². The number of fused-ring (bicyclic) bond motifs is 1. The number of carbonyl (C=O) groups is 2. The molecule has 2 aromatic carbocycles. The molecule has 0 radical (unpaired) electrons. The van der Waals surface area contributed by atoms with Gasteiger partial charge in [-0.1, -0.05) is 19.1 Å². The molecule has 1 amide bonds. The molecule has 3 rings (SSSR count). The molecular formula is C20H19F2NO3. The fourth-order valence-corrected chi connectivity index (χ4v) is 3.15. The van der Waals surface area contributed by atoms with E-state index in [2.05, 4.69) is 0 Å². The predicted octanol–water partition coefficient (Wildman–Crippen LogP) is 3.69. The standard InChI is InChI=1S/C20H19F2NO3/c1-12-9-16(24)20-17(8-7-15(22)19(12)20)26-11-18(25)23(2)10-13-3-5-14(21)6-4-13/h3-8,12H,9-11H2,1-2H3. The number of hydrogen-bond donors (Lipinski definition) is 0. The van der Waals surface area contributed by atoms with Crippen LogP contribution in [0.15, 0.2) is 36.4 Å². The monoisotopic (exact) mass is 359 g/mol. The average molecular weight is 359 g/mol. The summed E-state index contributed by atoms with van der Waals surface area (Å²) in [7, 11) is 1.61. The highest BCUT2D eigenvalue weighted by atomic mass is 19.1. The number of ketones is 1. The summed E-state index contributed by atoms with van der Waals surface area (Å²) in [5.41, 5.74) is 1.39. The van der Waals surface area contributed by atoms with E-state index < -0.39 is 5.82 Å². The first kappa shape index (κ1) is 18.0. The zero-order chi connectivity index (χ0) is 18.8. The van der Waals surface area contributed by atoms with Crippen molar-refractivity contribution in [2.24, 2.45) is 0 Å². The lowest BCUT2D eigenvalue weighted by Crippen LogP contribution is -2.31. The maximum Gasteiger partial charge on any atom is 0.260 e. The van der Waals surface area contributed by atoms with E-state index in [-0.39, 0.29) is 47.8 Å². The molecule has 1 aliphatic rings. The SMILES string of the molecule is CC1CC(=O)c2c(OCC(=O)N(C)Cc3ccc(F)cc3)ccc(F)c21. The molecule has 0 saturated carbocycles. The van der Waals surface area contributed by atoms with Gasteiger partial charge in [0, 0.05) is 25.6 Å². The summed E-state index contributed by atoms with van der Waals surface area (Å²) in [6.07, 6.45) is 0.241. The second kappa shape index (κ2) is 7.23. The van der Waals surface area contributed by atoms with Gasteiger partial charge in [-0.2, -0.15) is 0 Å². The zero-order valence-corrected chi connectivity index (χ0v) is 14.6. The lowest BCUT2D eigenvalue weighted by atomic mass is 10.0. The number of rotatable bonds is 5. The van der Waals surface area contributed by atoms with Gasteiger partial charge in [0.25, 0.3) is 5.91 Å². The van der Waals surface area contributed by atoms with Crippen LogP contribution in [0.2, 0.25) is 0 Å². The minimum absolute atomic E-state index is 0.172. The molecule has 0 heterocycles. The molecule has 1 aliphatic carbocycles. The van der Waals surface area contributed by atoms with Crippen molar-refractivity contribution < 1.29 is 23.1 Å². The van der Waals surface area contributed by atoms with E-state index >= 15 is 0 Å². The molecule has 0 spiro atoms. The highest BCUT2D eigenvalue weighted by Crippen LogP contribution is 2.39. The molecule has 0 aromatic heterocycles. The van der Waals surface area contributed by atoms with E-state index in [0.29, 0.717) is 12.1 Å². The molecule has 1 unspecified atom stereocenters. The lowest BCUT2D eigenvalue weighted by Gasteiger charge is -2.18. The molecule has 4 nitrogen and oxygen atoms in total. The van der Waals surface area contributed by atoms with Crippen molar-refractivity contribution in [3.8, 4) is 5.75 Å². The van der Waals surface area contributed by atoms with Crippen LogP contribution >= 0.6 is 0 Å². The van der Waals surface area contributed by atoms with E-state index in [1.165, 1.54) is 29.2 Å². The second-order valence-electron chi connectivity index (χ2n) is 6.53. The third kappa shape index (κ3) is 3.59. The third-order valence-electron chi connectivity index (χ3n) is 4.53. The van der Waals surface area contributed by atoms with Crippen LogP contribution in [0.4, 0.5) is 8.78 Å². The molecule has 26 heavy (non-hydrogen) atoms. The Balaban J connectivity index is 1.67. The van der Waals surface area contributed by atoms with Crippen LogP contribution in [0.5, 0.6) is 5.75 Å². The maximum atomic E-state index is 14.0. The van der Waals surface area contributed by atoms with Crippen molar-refractivity contribution in [1.82, 2.24) is 4.90 Å². The van der Waals surface area contributed by atoms with Gasteiger partial charge in [0.2, 0.25) is 0 Å². The van der Waals surface area contributed by atoms with Crippen LogP contribution in [0.25, 0.3) is 0 Å². The molecule has 2 aromatic rings. The topological polar surface area (TPSA) is 46.6 Å². The maximum absolute atomic E-state index is 14.0. The Bertz CT molecular complexity index is 849. The summed E-state index contributed by atoms with van der Waals surface area (Å²) in [5, 5.41) is 0. The van der Waals surface area contributed by atoms with E-state index in [9.17, 15) is 18.4 Å². The number of carbonyl (C=O) groups excluding carboxylic acids is 2. The summed E-state index contributed by atoms with van der Waals surface area (Å²) in [5.74, 6) is -1.20. The van der Waals surface area contributed by atoms with Crippen LogP contribution in [0.1, 0.15) is 40.7 Å². The van der Waals surface area contributed by atoms with Gasteiger partial charge in [-0.25, -0.2) is 8.78 Å². The Morgan fingerprint density at radius 1 is 1.19 bits per heavy atom. The first-order valence-electron chi connectivity index (χ1n) is 8.33. The summed E-state index contributed by atoms with van der Waals surface area (Å²) < 4.78 is 32.4.